The quantitative estimate of drug-likeness (QED) is 0.254. The van der Waals surface area contributed by atoms with Crippen LogP contribution in [0.4, 0.5) is 0 Å². The Kier molecular flexibility index (Phi) is 9.98. The lowest BCUT2D eigenvalue weighted by molar-refractivity contribution is -0.151. The van der Waals surface area contributed by atoms with Crippen molar-refractivity contribution < 1.29 is 14.3 Å². The van der Waals surface area contributed by atoms with E-state index in [1.807, 2.05) is 38.1 Å². The van der Waals surface area contributed by atoms with E-state index in [4.69, 9.17) is 9.72 Å². The van der Waals surface area contributed by atoms with Crippen molar-refractivity contribution in [1.29, 1.82) is 0 Å². The van der Waals surface area contributed by atoms with E-state index in [0.717, 1.165) is 29.3 Å². The van der Waals surface area contributed by atoms with Crippen LogP contribution in [0.15, 0.2) is 38.7 Å². The Labute approximate surface area is 219 Å². The van der Waals surface area contributed by atoms with Gasteiger partial charge in [-0.15, -0.1) is 0 Å². The number of halogens is 1. The van der Waals surface area contributed by atoms with Gasteiger partial charge in [-0.25, -0.2) is 4.98 Å². The van der Waals surface area contributed by atoms with Gasteiger partial charge in [-0.2, -0.15) is 0 Å². The highest BCUT2D eigenvalue weighted by atomic mass is 79.9. The molecule has 1 aliphatic heterocycles. The van der Waals surface area contributed by atoms with Crippen molar-refractivity contribution in [1.82, 2.24) is 14.5 Å². The molecular formula is C26H34BrN3O4S. The zero-order valence-electron chi connectivity index (χ0n) is 20.9. The lowest BCUT2D eigenvalue weighted by Crippen LogP contribution is -2.46. The monoisotopic (exact) mass is 563 g/mol. The van der Waals surface area contributed by atoms with Crippen molar-refractivity contribution in [3.8, 4) is 0 Å². The Morgan fingerprint density at radius 3 is 2.63 bits per heavy atom. The summed E-state index contributed by atoms with van der Waals surface area (Å²) in [6, 6.07) is 7.90. The minimum atomic E-state index is -0.365. The average molecular weight is 565 g/mol. The van der Waals surface area contributed by atoms with E-state index in [2.05, 4.69) is 15.9 Å². The van der Waals surface area contributed by atoms with Gasteiger partial charge in [0.25, 0.3) is 5.56 Å². The molecule has 0 N–H and O–H groups in total. The molecule has 0 bridgehead atoms. The Morgan fingerprint density at radius 2 is 1.97 bits per heavy atom. The van der Waals surface area contributed by atoms with Crippen LogP contribution in [-0.2, 0) is 27.8 Å². The number of carbonyl (C=O) groups is 2. The number of likely N-dealkylation sites (tertiary alicyclic amines) is 1. The number of ether oxygens (including phenoxy) is 1. The summed E-state index contributed by atoms with van der Waals surface area (Å²) in [4.78, 5) is 45.5. The van der Waals surface area contributed by atoms with Crippen molar-refractivity contribution in [3.05, 3.63) is 55.9 Å². The van der Waals surface area contributed by atoms with E-state index in [9.17, 15) is 14.4 Å². The minimum absolute atomic E-state index is 0.00307. The zero-order chi connectivity index (χ0) is 25.5. The predicted octanol–water partition coefficient (Wildman–Crippen LogP) is 4.50. The molecule has 0 saturated carbocycles. The molecule has 1 saturated heterocycles. The smallest absolute Gasteiger partial charge is 0.310 e. The number of hydrogen-bond acceptors (Lipinski definition) is 6. The van der Waals surface area contributed by atoms with Gasteiger partial charge in [0, 0.05) is 42.3 Å². The Bertz CT molecular complexity index is 1100. The van der Waals surface area contributed by atoms with Crippen LogP contribution in [-0.4, -0.2) is 51.3 Å². The van der Waals surface area contributed by atoms with Gasteiger partial charge in [0.1, 0.15) is 0 Å². The first-order chi connectivity index (χ1) is 16.7. The normalized spacial score (nSPS) is 16.7. The first-order valence-electron chi connectivity index (χ1n) is 12.2. The van der Waals surface area contributed by atoms with Gasteiger partial charge in [-0.1, -0.05) is 53.2 Å². The standard InChI is InChI=1S/C26H34BrN3O4S/c1-5-8-22(24(32)30-14-7-9-19(16-30)25(33)34-6-2)35-26-28-17(3)21(23(31)29(26)4)15-18-10-12-20(27)13-11-18/h10-13,19,22H,5-9,14-16H2,1-4H3. The van der Waals surface area contributed by atoms with Gasteiger partial charge in [-0.05, 0) is 50.8 Å². The third kappa shape index (κ3) is 6.97. The summed E-state index contributed by atoms with van der Waals surface area (Å²) in [6.07, 6.45) is 3.51. The summed E-state index contributed by atoms with van der Waals surface area (Å²) in [7, 11) is 1.72. The summed E-state index contributed by atoms with van der Waals surface area (Å²) >= 11 is 4.78. The largest absolute Gasteiger partial charge is 0.466 e. The van der Waals surface area contributed by atoms with Crippen LogP contribution < -0.4 is 5.56 Å². The van der Waals surface area contributed by atoms with Gasteiger partial charge < -0.3 is 9.64 Å². The van der Waals surface area contributed by atoms with Crippen LogP contribution in [0.25, 0.3) is 0 Å². The number of carbonyl (C=O) groups excluding carboxylic acids is 2. The number of amides is 1. The molecule has 190 valence electrons. The SMILES string of the molecule is CCCC(Sc1nc(C)c(Cc2ccc(Br)cc2)c(=O)n1C)C(=O)N1CCCC(C(=O)OCC)C1. The molecule has 1 fully saturated rings. The molecule has 1 aliphatic rings. The second-order valence-corrected chi connectivity index (χ2v) is 11.0. The Balaban J connectivity index is 1.79. The number of aromatic nitrogens is 2. The van der Waals surface area contributed by atoms with Crippen molar-refractivity contribution in [2.24, 2.45) is 13.0 Å². The van der Waals surface area contributed by atoms with Gasteiger partial charge >= 0.3 is 5.97 Å². The Hall–Kier alpha value is -2.13. The minimum Gasteiger partial charge on any atom is -0.466 e. The number of aryl methyl sites for hydroxylation is 1. The second-order valence-electron chi connectivity index (χ2n) is 8.90. The molecule has 0 radical (unpaired) electrons. The second kappa shape index (κ2) is 12.7. The molecule has 2 heterocycles. The zero-order valence-corrected chi connectivity index (χ0v) is 23.3. The first kappa shape index (κ1) is 27.5. The van der Waals surface area contributed by atoms with E-state index in [0.29, 0.717) is 49.0 Å². The molecule has 35 heavy (non-hydrogen) atoms. The number of benzene rings is 1. The summed E-state index contributed by atoms with van der Waals surface area (Å²) < 4.78 is 7.73. The molecule has 1 amide bonds. The highest BCUT2D eigenvalue weighted by Gasteiger charge is 2.33. The topological polar surface area (TPSA) is 81.5 Å². The van der Waals surface area contributed by atoms with Crippen molar-refractivity contribution >= 4 is 39.6 Å². The van der Waals surface area contributed by atoms with E-state index in [1.54, 1.807) is 23.4 Å². The molecule has 0 spiro atoms. The molecule has 0 aliphatic carbocycles. The number of piperidine rings is 1. The molecule has 1 aromatic heterocycles. The first-order valence-corrected chi connectivity index (χ1v) is 13.8. The number of rotatable bonds is 9. The number of nitrogens with zero attached hydrogens (tertiary/aromatic N) is 3. The Morgan fingerprint density at radius 1 is 1.26 bits per heavy atom. The van der Waals surface area contributed by atoms with Gasteiger partial charge in [0.2, 0.25) is 5.91 Å². The van der Waals surface area contributed by atoms with Crippen LogP contribution in [0.5, 0.6) is 0 Å². The molecule has 1 aromatic carbocycles. The third-order valence-electron chi connectivity index (χ3n) is 6.27. The van der Waals surface area contributed by atoms with Gasteiger partial charge in [0.05, 0.1) is 17.8 Å². The van der Waals surface area contributed by atoms with Crippen LogP contribution in [0.2, 0.25) is 0 Å². The fourth-order valence-electron chi connectivity index (χ4n) is 4.30. The summed E-state index contributed by atoms with van der Waals surface area (Å²) in [6.45, 7) is 7.04. The fourth-order valence-corrected chi connectivity index (χ4v) is 5.85. The average Bonchev–Trinajstić information content (AvgIpc) is 2.85. The summed E-state index contributed by atoms with van der Waals surface area (Å²) in [5.41, 5.74) is 2.29. The molecular weight excluding hydrogens is 530 g/mol. The van der Waals surface area contributed by atoms with Gasteiger partial charge in [-0.3, -0.25) is 19.0 Å². The van der Waals surface area contributed by atoms with Crippen LogP contribution >= 0.6 is 27.7 Å². The van der Waals surface area contributed by atoms with E-state index in [-0.39, 0.29) is 28.6 Å². The molecule has 2 aromatic rings. The number of thioether (sulfide) groups is 1. The number of esters is 1. The molecule has 3 rings (SSSR count). The van der Waals surface area contributed by atoms with Gasteiger partial charge in [0.15, 0.2) is 5.16 Å². The highest BCUT2D eigenvalue weighted by molar-refractivity contribution is 9.10. The van der Waals surface area contributed by atoms with E-state index < -0.39 is 0 Å². The van der Waals surface area contributed by atoms with E-state index >= 15 is 0 Å². The van der Waals surface area contributed by atoms with Crippen molar-refractivity contribution in [2.45, 2.75) is 63.3 Å². The van der Waals surface area contributed by atoms with E-state index in [1.165, 1.54) is 11.8 Å². The maximum atomic E-state index is 13.5. The summed E-state index contributed by atoms with van der Waals surface area (Å²) in [5.74, 6) is -0.509. The van der Waals surface area contributed by atoms with Crippen LogP contribution in [0, 0.1) is 12.8 Å². The number of hydrogen-bond donors (Lipinski definition) is 0. The summed E-state index contributed by atoms with van der Waals surface area (Å²) in [5, 5.41) is 0.175. The van der Waals surface area contributed by atoms with Crippen molar-refractivity contribution in [3.63, 3.8) is 0 Å². The molecule has 9 heteroatoms. The molecule has 2 unspecified atom stereocenters. The van der Waals surface area contributed by atoms with Crippen LogP contribution in [0.1, 0.15) is 56.4 Å². The van der Waals surface area contributed by atoms with Crippen LogP contribution in [0.3, 0.4) is 0 Å². The lowest BCUT2D eigenvalue weighted by atomic mass is 9.97. The maximum Gasteiger partial charge on any atom is 0.310 e. The molecule has 7 nitrogen and oxygen atoms in total. The molecule has 2 atom stereocenters. The third-order valence-corrected chi connectivity index (χ3v) is 8.10. The maximum absolute atomic E-state index is 13.5. The predicted molar refractivity (Wildman–Crippen MR) is 142 cm³/mol. The van der Waals surface area contributed by atoms with Crippen molar-refractivity contribution in [2.75, 3.05) is 19.7 Å². The highest BCUT2D eigenvalue weighted by Crippen LogP contribution is 2.28. The lowest BCUT2D eigenvalue weighted by Gasteiger charge is -2.33. The fraction of sp³-hybridized carbons (Fsp3) is 0.538.